The average molecular weight is 450 g/mol. The summed E-state index contributed by atoms with van der Waals surface area (Å²) >= 11 is 2.85. The number of thioether (sulfide) groups is 2. The highest BCUT2D eigenvalue weighted by Gasteiger charge is 2.17. The van der Waals surface area contributed by atoms with E-state index in [1.165, 1.54) is 41.6 Å². The normalized spacial score (nSPS) is 10.4. The molecule has 0 radical (unpaired) electrons. The first-order chi connectivity index (χ1) is 14.3. The van der Waals surface area contributed by atoms with E-state index < -0.39 is 4.92 Å². The van der Waals surface area contributed by atoms with Crippen LogP contribution in [0.2, 0.25) is 0 Å². The molecular weight excluding hydrogens is 426 g/mol. The zero-order chi connectivity index (χ0) is 22.1. The fourth-order valence-electron chi connectivity index (χ4n) is 2.58. The molecule has 0 heterocycles. The van der Waals surface area contributed by atoms with E-state index >= 15 is 0 Å². The summed E-state index contributed by atoms with van der Waals surface area (Å²) in [6.07, 6.45) is 1.93. The molecule has 2 amide bonds. The van der Waals surface area contributed by atoms with Crippen LogP contribution in [0.3, 0.4) is 0 Å². The Morgan fingerprint density at radius 3 is 2.63 bits per heavy atom. The molecule has 0 bridgehead atoms. The van der Waals surface area contributed by atoms with Gasteiger partial charge in [0.1, 0.15) is 0 Å². The van der Waals surface area contributed by atoms with Crippen molar-refractivity contribution in [1.82, 2.24) is 4.90 Å². The predicted molar refractivity (Wildman–Crippen MR) is 120 cm³/mol. The van der Waals surface area contributed by atoms with E-state index in [0.29, 0.717) is 11.4 Å². The largest absolute Gasteiger partial charge is 0.490 e. The highest BCUT2D eigenvalue weighted by atomic mass is 32.2. The molecule has 0 unspecified atom stereocenters. The number of hydrogen-bond donors (Lipinski definition) is 1. The van der Waals surface area contributed by atoms with E-state index in [1.807, 2.05) is 30.5 Å². The maximum Gasteiger partial charge on any atom is 0.311 e. The van der Waals surface area contributed by atoms with Gasteiger partial charge in [-0.1, -0.05) is 18.2 Å². The first-order valence-corrected chi connectivity index (χ1v) is 11.3. The van der Waals surface area contributed by atoms with Gasteiger partial charge in [0.15, 0.2) is 5.75 Å². The molecule has 10 heteroatoms. The van der Waals surface area contributed by atoms with Crippen molar-refractivity contribution in [3.63, 3.8) is 0 Å². The first kappa shape index (κ1) is 23.6. The van der Waals surface area contributed by atoms with Gasteiger partial charge in [-0.3, -0.25) is 19.7 Å². The number of rotatable bonds is 10. The molecule has 0 atom stereocenters. The number of hydrogen-bond acceptors (Lipinski definition) is 7. The summed E-state index contributed by atoms with van der Waals surface area (Å²) in [6, 6.07) is 12.2. The third kappa shape index (κ3) is 6.67. The van der Waals surface area contributed by atoms with Crippen molar-refractivity contribution in [3.05, 3.63) is 58.1 Å². The summed E-state index contributed by atoms with van der Waals surface area (Å²) in [4.78, 5) is 37.5. The Morgan fingerprint density at radius 2 is 1.97 bits per heavy atom. The number of nitrogens with zero attached hydrogens (tertiary/aromatic N) is 2. The summed E-state index contributed by atoms with van der Waals surface area (Å²) in [5.74, 6) is 0.306. The molecule has 0 saturated heterocycles. The minimum atomic E-state index is -0.500. The fraction of sp³-hybridized carbons (Fsp3) is 0.300. The second-order valence-electron chi connectivity index (χ2n) is 6.25. The van der Waals surface area contributed by atoms with Crippen molar-refractivity contribution in [2.75, 3.05) is 38.0 Å². The lowest BCUT2D eigenvalue weighted by Crippen LogP contribution is -2.36. The maximum atomic E-state index is 12.3. The van der Waals surface area contributed by atoms with Crippen molar-refractivity contribution >= 4 is 46.7 Å². The van der Waals surface area contributed by atoms with Crippen LogP contribution >= 0.6 is 23.5 Å². The Hall–Kier alpha value is -2.72. The number of para-hydroxylation sites is 1. The number of nitro groups is 1. The molecule has 0 fully saturated rings. The minimum Gasteiger partial charge on any atom is -0.490 e. The van der Waals surface area contributed by atoms with Crippen LogP contribution in [-0.2, 0) is 15.3 Å². The zero-order valence-corrected chi connectivity index (χ0v) is 18.5. The summed E-state index contributed by atoms with van der Waals surface area (Å²) < 4.78 is 4.98. The number of nitrogens with one attached hydrogen (secondary N) is 1. The third-order valence-electron chi connectivity index (χ3n) is 4.12. The highest BCUT2D eigenvalue weighted by Crippen LogP contribution is 2.29. The smallest absolute Gasteiger partial charge is 0.311 e. The molecule has 0 spiro atoms. The standard InChI is InChI=1S/C20H23N3O5S2/c1-22(11-19(24)21-15-6-4-5-7-18(15)29-3)20(25)13-30-12-14-8-9-17(28-2)16(10-14)23(26)27/h4-10H,11-13H2,1-3H3,(H,21,24). The van der Waals surface area contributed by atoms with Crippen LogP contribution in [0, 0.1) is 10.1 Å². The lowest BCUT2D eigenvalue weighted by Gasteiger charge is -2.17. The van der Waals surface area contributed by atoms with Gasteiger partial charge in [0.2, 0.25) is 11.8 Å². The van der Waals surface area contributed by atoms with Crippen molar-refractivity contribution in [1.29, 1.82) is 0 Å². The molecule has 2 aromatic carbocycles. The molecule has 0 aliphatic heterocycles. The van der Waals surface area contributed by atoms with Gasteiger partial charge in [0.05, 0.1) is 30.0 Å². The van der Waals surface area contributed by atoms with E-state index in [4.69, 9.17) is 4.74 Å². The molecule has 1 N–H and O–H groups in total. The SMILES string of the molecule is COc1ccc(CSCC(=O)N(C)CC(=O)Nc2ccccc2SC)cc1[N+](=O)[O-]. The maximum absolute atomic E-state index is 12.3. The topological polar surface area (TPSA) is 102 Å². The fourth-order valence-corrected chi connectivity index (χ4v) is 4.04. The van der Waals surface area contributed by atoms with Crippen LogP contribution in [0.5, 0.6) is 5.75 Å². The summed E-state index contributed by atoms with van der Waals surface area (Å²) in [5.41, 5.74) is 1.32. The Bertz CT molecular complexity index is 923. The van der Waals surface area contributed by atoms with Gasteiger partial charge in [-0.05, 0) is 30.0 Å². The van der Waals surface area contributed by atoms with Gasteiger partial charge in [-0.2, -0.15) is 0 Å². The number of likely N-dealkylation sites (N-methyl/N-ethyl adjacent to an activating group) is 1. The zero-order valence-electron chi connectivity index (χ0n) is 16.9. The lowest BCUT2D eigenvalue weighted by atomic mass is 10.2. The molecule has 0 aliphatic carbocycles. The number of anilines is 1. The number of nitro benzene ring substituents is 1. The van der Waals surface area contributed by atoms with Crippen LogP contribution in [0.25, 0.3) is 0 Å². The Balaban J connectivity index is 1.84. The van der Waals surface area contributed by atoms with Gasteiger partial charge in [0, 0.05) is 23.8 Å². The van der Waals surface area contributed by atoms with Gasteiger partial charge < -0.3 is 15.0 Å². The van der Waals surface area contributed by atoms with Crippen molar-refractivity contribution in [3.8, 4) is 5.75 Å². The molecule has 0 saturated carbocycles. The Kier molecular flexibility index (Phi) is 9.00. The van der Waals surface area contributed by atoms with Crippen LogP contribution in [0.4, 0.5) is 11.4 Å². The molecule has 8 nitrogen and oxygen atoms in total. The van der Waals surface area contributed by atoms with Crippen LogP contribution in [0.1, 0.15) is 5.56 Å². The van der Waals surface area contributed by atoms with E-state index in [2.05, 4.69) is 5.32 Å². The van der Waals surface area contributed by atoms with Gasteiger partial charge in [-0.15, -0.1) is 23.5 Å². The quantitative estimate of drug-likeness (QED) is 0.335. The average Bonchev–Trinajstić information content (AvgIpc) is 2.73. The van der Waals surface area contributed by atoms with Crippen molar-refractivity contribution < 1.29 is 19.2 Å². The van der Waals surface area contributed by atoms with Gasteiger partial charge >= 0.3 is 5.69 Å². The number of amides is 2. The molecular formula is C20H23N3O5S2. The third-order valence-corrected chi connectivity index (χ3v) is 5.91. The lowest BCUT2D eigenvalue weighted by molar-refractivity contribution is -0.385. The Labute approximate surface area is 183 Å². The van der Waals surface area contributed by atoms with Crippen LogP contribution in [-0.4, -0.2) is 54.3 Å². The first-order valence-electron chi connectivity index (χ1n) is 8.91. The number of benzene rings is 2. The second-order valence-corrected chi connectivity index (χ2v) is 8.09. The molecule has 0 aromatic heterocycles. The molecule has 30 heavy (non-hydrogen) atoms. The van der Waals surface area contributed by atoms with E-state index in [9.17, 15) is 19.7 Å². The summed E-state index contributed by atoms with van der Waals surface area (Å²) in [5, 5.41) is 13.9. The molecule has 0 aliphatic rings. The molecule has 2 rings (SSSR count). The van der Waals surface area contributed by atoms with Crippen LogP contribution < -0.4 is 10.1 Å². The number of carbonyl (C=O) groups is 2. The number of methoxy groups -OCH3 is 1. The van der Waals surface area contributed by atoms with E-state index in [-0.39, 0.29) is 35.5 Å². The minimum absolute atomic E-state index is 0.0594. The number of carbonyl (C=O) groups excluding carboxylic acids is 2. The van der Waals surface area contributed by atoms with E-state index in [1.54, 1.807) is 19.2 Å². The van der Waals surface area contributed by atoms with Gasteiger partial charge in [0.25, 0.3) is 0 Å². The second kappa shape index (κ2) is 11.5. The predicted octanol–water partition coefficient (Wildman–Crippen LogP) is 3.66. The van der Waals surface area contributed by atoms with Crippen molar-refractivity contribution in [2.45, 2.75) is 10.6 Å². The Morgan fingerprint density at radius 1 is 1.23 bits per heavy atom. The summed E-state index contributed by atoms with van der Waals surface area (Å²) in [7, 11) is 2.95. The number of ether oxygens (including phenoxy) is 1. The van der Waals surface area contributed by atoms with Crippen LogP contribution in [0.15, 0.2) is 47.4 Å². The molecule has 160 valence electrons. The monoisotopic (exact) mass is 449 g/mol. The van der Waals surface area contributed by atoms with Gasteiger partial charge in [-0.25, -0.2) is 0 Å². The summed E-state index contributed by atoms with van der Waals surface area (Å²) in [6.45, 7) is -0.0594. The molecule has 2 aromatic rings. The van der Waals surface area contributed by atoms with E-state index in [0.717, 1.165) is 10.5 Å². The van der Waals surface area contributed by atoms with Crippen molar-refractivity contribution in [2.24, 2.45) is 0 Å². The highest BCUT2D eigenvalue weighted by molar-refractivity contribution is 7.99.